The van der Waals surface area contributed by atoms with E-state index in [1.807, 2.05) is 24.3 Å². The highest BCUT2D eigenvalue weighted by molar-refractivity contribution is 7.89. The molecule has 3 rings (SSSR count). The highest BCUT2D eigenvalue weighted by atomic mass is 32.2. The normalized spacial score (nSPS) is 15.5. The van der Waals surface area contributed by atoms with E-state index >= 15 is 0 Å². The van der Waals surface area contributed by atoms with E-state index in [0.29, 0.717) is 5.82 Å². The second-order valence-electron chi connectivity index (χ2n) is 5.00. The lowest BCUT2D eigenvalue weighted by Crippen LogP contribution is -2.18. The topological polar surface area (TPSA) is 90.9 Å². The number of nitrogens with two attached hydrogens (primary N) is 1. The molecule has 0 bridgehead atoms. The zero-order valence-corrected chi connectivity index (χ0v) is 12.0. The van der Waals surface area contributed by atoms with E-state index in [1.165, 1.54) is 5.56 Å². The quantitative estimate of drug-likeness (QED) is 0.924. The maximum absolute atomic E-state index is 11.6. The van der Waals surface area contributed by atoms with Gasteiger partial charge in [-0.2, -0.15) is 0 Å². The number of hydrogen-bond donors (Lipinski definition) is 1. The number of benzene rings is 1. The Morgan fingerprint density at radius 2 is 1.90 bits per heavy atom. The summed E-state index contributed by atoms with van der Waals surface area (Å²) < 4.78 is 24.8. The Hall–Kier alpha value is -1.73. The van der Waals surface area contributed by atoms with E-state index in [1.54, 1.807) is 4.57 Å². The summed E-state index contributed by atoms with van der Waals surface area (Å²) >= 11 is 0. The molecular formula is C13H16N4O2S. The molecule has 1 aliphatic rings. The van der Waals surface area contributed by atoms with Crippen molar-refractivity contribution >= 4 is 10.0 Å². The van der Waals surface area contributed by atoms with Crippen LogP contribution in [-0.2, 0) is 16.4 Å². The van der Waals surface area contributed by atoms with Crippen LogP contribution in [0.1, 0.15) is 31.4 Å². The molecule has 1 heterocycles. The molecule has 0 atom stereocenters. The van der Waals surface area contributed by atoms with E-state index in [-0.39, 0.29) is 11.2 Å². The fourth-order valence-corrected chi connectivity index (χ4v) is 2.88. The van der Waals surface area contributed by atoms with Gasteiger partial charge in [-0.05, 0) is 24.8 Å². The first kappa shape index (κ1) is 13.3. The summed E-state index contributed by atoms with van der Waals surface area (Å²) in [7, 11) is -3.85. The monoisotopic (exact) mass is 292 g/mol. The van der Waals surface area contributed by atoms with Crippen LogP contribution in [0.25, 0.3) is 11.4 Å². The molecule has 0 spiro atoms. The van der Waals surface area contributed by atoms with Gasteiger partial charge in [0.2, 0.25) is 0 Å². The molecule has 0 saturated heterocycles. The van der Waals surface area contributed by atoms with E-state index < -0.39 is 10.0 Å². The fraction of sp³-hybridized carbons (Fsp3) is 0.385. The van der Waals surface area contributed by atoms with Crippen molar-refractivity contribution in [1.29, 1.82) is 0 Å². The van der Waals surface area contributed by atoms with Crippen molar-refractivity contribution in [2.24, 2.45) is 5.14 Å². The van der Waals surface area contributed by atoms with Gasteiger partial charge in [-0.1, -0.05) is 31.2 Å². The fourth-order valence-electron chi connectivity index (χ4n) is 2.22. The van der Waals surface area contributed by atoms with Crippen molar-refractivity contribution in [3.63, 3.8) is 0 Å². The Morgan fingerprint density at radius 3 is 2.40 bits per heavy atom. The number of aromatic nitrogens is 3. The Morgan fingerprint density at radius 1 is 1.25 bits per heavy atom. The summed E-state index contributed by atoms with van der Waals surface area (Å²) in [5.74, 6) is 0.569. The van der Waals surface area contributed by atoms with Crippen molar-refractivity contribution in [3.05, 3.63) is 29.8 Å². The summed E-state index contributed by atoms with van der Waals surface area (Å²) in [4.78, 5) is 0. The van der Waals surface area contributed by atoms with Crippen molar-refractivity contribution in [3.8, 4) is 11.4 Å². The van der Waals surface area contributed by atoms with Gasteiger partial charge >= 0.3 is 0 Å². The molecule has 0 radical (unpaired) electrons. The first-order valence-electron chi connectivity index (χ1n) is 6.57. The number of hydrogen-bond acceptors (Lipinski definition) is 4. The van der Waals surface area contributed by atoms with Gasteiger partial charge in [0.25, 0.3) is 15.2 Å². The lowest BCUT2D eigenvalue weighted by molar-refractivity contribution is 0.567. The predicted octanol–water partition coefficient (Wildman–Crippen LogP) is 1.49. The van der Waals surface area contributed by atoms with Gasteiger partial charge in [0.15, 0.2) is 5.82 Å². The van der Waals surface area contributed by atoms with Crippen molar-refractivity contribution in [2.75, 3.05) is 0 Å². The number of sulfonamides is 1. The van der Waals surface area contributed by atoms with Crippen LogP contribution < -0.4 is 5.14 Å². The average Bonchev–Trinajstić information content (AvgIpc) is 3.16. The minimum Gasteiger partial charge on any atom is -0.294 e. The first-order chi connectivity index (χ1) is 9.50. The largest absolute Gasteiger partial charge is 0.294 e. The van der Waals surface area contributed by atoms with Gasteiger partial charge < -0.3 is 0 Å². The summed E-state index contributed by atoms with van der Waals surface area (Å²) in [6.07, 6.45) is 2.82. The van der Waals surface area contributed by atoms with Crippen LogP contribution >= 0.6 is 0 Å². The molecule has 1 aromatic heterocycles. The van der Waals surface area contributed by atoms with Crippen molar-refractivity contribution in [2.45, 2.75) is 37.4 Å². The third-order valence-electron chi connectivity index (χ3n) is 3.45. The second kappa shape index (κ2) is 4.68. The number of primary sulfonamides is 1. The Labute approximate surface area is 117 Å². The average molecular weight is 292 g/mol. The van der Waals surface area contributed by atoms with E-state index in [0.717, 1.165) is 24.8 Å². The molecule has 106 valence electrons. The maximum atomic E-state index is 11.6. The van der Waals surface area contributed by atoms with Gasteiger partial charge in [-0.15, -0.1) is 10.2 Å². The van der Waals surface area contributed by atoms with Crippen LogP contribution in [0.5, 0.6) is 0 Å². The Balaban J connectivity index is 2.11. The van der Waals surface area contributed by atoms with Crippen LogP contribution in [0.3, 0.4) is 0 Å². The summed E-state index contributed by atoms with van der Waals surface area (Å²) in [6.45, 7) is 2.08. The standard InChI is InChI=1S/C13H16N4O2S/c1-2-9-3-5-10(6-4-9)12-15-16-13(20(14,18)19)17(12)11-7-8-11/h3-6,11H,2,7-8H2,1H3,(H2,14,18,19). The molecular weight excluding hydrogens is 276 g/mol. The molecule has 1 aliphatic carbocycles. The van der Waals surface area contributed by atoms with Gasteiger partial charge in [-0.3, -0.25) is 4.57 Å². The predicted molar refractivity (Wildman–Crippen MR) is 74.5 cm³/mol. The van der Waals surface area contributed by atoms with Gasteiger partial charge in [0.05, 0.1) is 0 Å². The summed E-state index contributed by atoms with van der Waals surface area (Å²) in [5, 5.41) is 12.9. The zero-order valence-electron chi connectivity index (χ0n) is 11.2. The number of nitrogens with zero attached hydrogens (tertiary/aromatic N) is 3. The molecule has 6 nitrogen and oxygen atoms in total. The second-order valence-corrected chi connectivity index (χ2v) is 6.46. The van der Waals surface area contributed by atoms with E-state index in [2.05, 4.69) is 17.1 Å². The lowest BCUT2D eigenvalue weighted by Gasteiger charge is -2.08. The molecule has 2 N–H and O–H groups in total. The zero-order chi connectivity index (χ0) is 14.3. The highest BCUT2D eigenvalue weighted by Crippen LogP contribution is 2.39. The van der Waals surface area contributed by atoms with E-state index in [9.17, 15) is 8.42 Å². The van der Waals surface area contributed by atoms with Crippen LogP contribution in [0.15, 0.2) is 29.4 Å². The van der Waals surface area contributed by atoms with Crippen molar-refractivity contribution in [1.82, 2.24) is 14.8 Å². The molecule has 2 aromatic rings. The third-order valence-corrected chi connectivity index (χ3v) is 4.24. The Kier molecular flexibility index (Phi) is 3.10. The van der Waals surface area contributed by atoms with Crippen LogP contribution in [-0.4, -0.2) is 23.2 Å². The Bertz CT molecular complexity index is 730. The van der Waals surface area contributed by atoms with Crippen LogP contribution in [0, 0.1) is 0 Å². The molecule has 1 aromatic carbocycles. The molecule has 7 heteroatoms. The van der Waals surface area contributed by atoms with Gasteiger partial charge in [0, 0.05) is 11.6 Å². The minimum atomic E-state index is -3.85. The molecule has 0 unspecified atom stereocenters. The molecule has 1 saturated carbocycles. The van der Waals surface area contributed by atoms with E-state index in [4.69, 9.17) is 5.14 Å². The molecule has 20 heavy (non-hydrogen) atoms. The van der Waals surface area contributed by atoms with Crippen LogP contribution in [0.2, 0.25) is 0 Å². The molecule has 1 fully saturated rings. The van der Waals surface area contributed by atoms with Crippen LogP contribution in [0.4, 0.5) is 0 Å². The highest BCUT2D eigenvalue weighted by Gasteiger charge is 2.33. The number of aryl methyl sites for hydroxylation is 1. The lowest BCUT2D eigenvalue weighted by atomic mass is 10.1. The minimum absolute atomic E-state index is 0.138. The van der Waals surface area contributed by atoms with Crippen molar-refractivity contribution < 1.29 is 8.42 Å². The summed E-state index contributed by atoms with van der Waals surface area (Å²) in [6, 6.07) is 8.04. The maximum Gasteiger partial charge on any atom is 0.273 e. The third kappa shape index (κ3) is 2.34. The first-order valence-corrected chi connectivity index (χ1v) is 8.12. The summed E-state index contributed by atoms with van der Waals surface area (Å²) in [5.41, 5.74) is 2.08. The SMILES string of the molecule is CCc1ccc(-c2nnc(S(N)(=O)=O)n2C2CC2)cc1. The van der Waals surface area contributed by atoms with Gasteiger partial charge in [-0.25, -0.2) is 13.6 Å². The number of rotatable bonds is 4. The molecule has 0 amide bonds. The smallest absolute Gasteiger partial charge is 0.273 e. The molecule has 0 aliphatic heterocycles. The van der Waals surface area contributed by atoms with Gasteiger partial charge in [0.1, 0.15) is 0 Å².